The van der Waals surface area contributed by atoms with Crippen molar-refractivity contribution < 1.29 is 0 Å². The summed E-state index contributed by atoms with van der Waals surface area (Å²) in [5.74, 6) is 0.707. The molecule has 0 fully saturated rings. The number of rotatable bonds is 2. The van der Waals surface area contributed by atoms with Crippen LogP contribution in [0.5, 0.6) is 0 Å². The van der Waals surface area contributed by atoms with Gasteiger partial charge in [-0.1, -0.05) is 17.7 Å². The molecule has 80 valence electrons. The number of tetrazole rings is 1. The van der Waals surface area contributed by atoms with Gasteiger partial charge in [-0.15, -0.1) is 5.10 Å². The molecule has 0 N–H and O–H groups in total. The van der Waals surface area contributed by atoms with Gasteiger partial charge >= 0.3 is 0 Å². The molecule has 0 bridgehead atoms. The summed E-state index contributed by atoms with van der Waals surface area (Å²) in [5.41, 5.74) is 1.39. The second kappa shape index (κ2) is 4.29. The average molecular weight is 234 g/mol. The summed E-state index contributed by atoms with van der Waals surface area (Å²) in [4.78, 5) is 0. The van der Waals surface area contributed by atoms with Gasteiger partial charge in [0.2, 0.25) is 0 Å². The van der Waals surface area contributed by atoms with Crippen molar-refractivity contribution >= 4 is 11.6 Å². The Balaban J connectivity index is 2.36. The summed E-state index contributed by atoms with van der Waals surface area (Å²) >= 11 is 5.81. The van der Waals surface area contributed by atoms with Crippen LogP contribution in [0, 0.1) is 18.3 Å². The Morgan fingerprint density at radius 1 is 1.50 bits per heavy atom. The van der Waals surface area contributed by atoms with E-state index in [2.05, 4.69) is 21.6 Å². The zero-order valence-corrected chi connectivity index (χ0v) is 9.31. The van der Waals surface area contributed by atoms with Crippen molar-refractivity contribution in [3.63, 3.8) is 0 Å². The highest BCUT2D eigenvalue weighted by molar-refractivity contribution is 6.30. The van der Waals surface area contributed by atoms with Gasteiger partial charge in [-0.25, -0.2) is 4.68 Å². The number of benzene rings is 1. The molecule has 0 aliphatic heterocycles. The molecule has 5 nitrogen and oxygen atoms in total. The molecule has 0 radical (unpaired) electrons. The first-order chi connectivity index (χ1) is 7.70. The van der Waals surface area contributed by atoms with Crippen molar-refractivity contribution in [2.45, 2.75) is 13.5 Å². The Labute approximate surface area is 97.3 Å². The lowest BCUT2D eigenvalue weighted by molar-refractivity contribution is 0.632. The van der Waals surface area contributed by atoms with Crippen LogP contribution in [-0.2, 0) is 6.54 Å². The maximum atomic E-state index is 8.97. The lowest BCUT2D eigenvalue weighted by Gasteiger charge is -2.04. The van der Waals surface area contributed by atoms with Gasteiger partial charge in [0.25, 0.3) is 0 Å². The molecule has 1 aromatic carbocycles. The fourth-order valence-corrected chi connectivity index (χ4v) is 1.52. The molecule has 16 heavy (non-hydrogen) atoms. The van der Waals surface area contributed by atoms with E-state index in [9.17, 15) is 0 Å². The second-order valence-electron chi connectivity index (χ2n) is 3.30. The molecule has 0 unspecified atom stereocenters. The third kappa shape index (κ3) is 2.02. The van der Waals surface area contributed by atoms with E-state index in [1.807, 2.05) is 13.0 Å². The van der Waals surface area contributed by atoms with Gasteiger partial charge in [-0.05, 0) is 35.0 Å². The van der Waals surface area contributed by atoms with Crippen LogP contribution in [0.4, 0.5) is 0 Å². The fourth-order valence-electron chi connectivity index (χ4n) is 1.35. The summed E-state index contributed by atoms with van der Waals surface area (Å²) in [6, 6.07) is 7.29. The largest absolute Gasteiger partial charge is 0.225 e. The lowest BCUT2D eigenvalue weighted by Crippen LogP contribution is -2.05. The first-order valence-electron chi connectivity index (χ1n) is 4.62. The smallest absolute Gasteiger partial charge is 0.148 e. The predicted octanol–water partition coefficient (Wildman–Crippen LogP) is 1.55. The maximum absolute atomic E-state index is 8.97. The Kier molecular flexibility index (Phi) is 2.84. The third-order valence-corrected chi connectivity index (χ3v) is 2.46. The molecular formula is C10H8ClN5. The highest BCUT2D eigenvalue weighted by Gasteiger charge is 2.06. The van der Waals surface area contributed by atoms with E-state index < -0.39 is 0 Å². The van der Waals surface area contributed by atoms with Gasteiger partial charge in [-0.2, -0.15) is 5.26 Å². The molecular weight excluding hydrogens is 226 g/mol. The minimum atomic E-state index is 0.471. The lowest BCUT2D eigenvalue weighted by atomic mass is 10.1. The third-order valence-electron chi connectivity index (χ3n) is 2.22. The summed E-state index contributed by atoms with van der Waals surface area (Å²) < 4.78 is 1.63. The van der Waals surface area contributed by atoms with Crippen LogP contribution in [0.25, 0.3) is 0 Å². The summed E-state index contributed by atoms with van der Waals surface area (Å²) in [6.45, 7) is 2.28. The average Bonchev–Trinajstić information content (AvgIpc) is 2.67. The molecule has 2 aromatic rings. The molecule has 0 aliphatic rings. The number of hydrogen-bond acceptors (Lipinski definition) is 4. The molecule has 0 saturated carbocycles. The van der Waals surface area contributed by atoms with Crippen molar-refractivity contribution in [3.05, 3.63) is 40.2 Å². The molecule has 1 heterocycles. The van der Waals surface area contributed by atoms with E-state index in [1.54, 1.807) is 16.8 Å². The van der Waals surface area contributed by atoms with Crippen LogP contribution < -0.4 is 0 Å². The Bertz CT molecular complexity index is 555. The van der Waals surface area contributed by atoms with Gasteiger partial charge in [-0.3, -0.25) is 0 Å². The van der Waals surface area contributed by atoms with Crippen LogP contribution >= 0.6 is 11.6 Å². The van der Waals surface area contributed by atoms with Gasteiger partial charge in [0, 0.05) is 5.02 Å². The zero-order chi connectivity index (χ0) is 11.5. The number of aryl methyl sites for hydroxylation is 1. The second-order valence-corrected chi connectivity index (χ2v) is 3.73. The monoisotopic (exact) mass is 233 g/mol. The van der Waals surface area contributed by atoms with Crippen LogP contribution in [0.1, 0.15) is 17.0 Å². The van der Waals surface area contributed by atoms with E-state index in [1.165, 1.54) is 0 Å². The molecule has 0 spiro atoms. The molecule has 0 amide bonds. The fraction of sp³-hybridized carbons (Fsp3) is 0.200. The summed E-state index contributed by atoms with van der Waals surface area (Å²) in [7, 11) is 0. The summed E-state index contributed by atoms with van der Waals surface area (Å²) in [5, 5.41) is 20.7. The van der Waals surface area contributed by atoms with Crippen LogP contribution in [-0.4, -0.2) is 20.2 Å². The molecule has 1 aromatic heterocycles. The van der Waals surface area contributed by atoms with E-state index in [-0.39, 0.29) is 0 Å². The molecule has 0 aliphatic carbocycles. The predicted molar refractivity (Wildman–Crippen MR) is 57.8 cm³/mol. The highest BCUT2D eigenvalue weighted by atomic mass is 35.5. The number of aromatic nitrogens is 4. The molecule has 6 heteroatoms. The van der Waals surface area contributed by atoms with Gasteiger partial charge in [0.05, 0.1) is 18.2 Å². The molecule has 0 atom stereocenters. The number of nitrogens with zero attached hydrogens (tertiary/aromatic N) is 5. The van der Waals surface area contributed by atoms with Gasteiger partial charge in [0.15, 0.2) is 0 Å². The minimum absolute atomic E-state index is 0.471. The van der Waals surface area contributed by atoms with Crippen molar-refractivity contribution in [2.75, 3.05) is 0 Å². The zero-order valence-electron chi connectivity index (χ0n) is 8.55. The van der Waals surface area contributed by atoms with Crippen molar-refractivity contribution in [3.8, 4) is 6.07 Å². The first kappa shape index (κ1) is 10.6. The SMILES string of the molecule is Cc1nnnn1Cc1ccc(Cl)cc1C#N. The van der Waals surface area contributed by atoms with Gasteiger partial charge < -0.3 is 0 Å². The summed E-state index contributed by atoms with van der Waals surface area (Å²) in [6.07, 6.45) is 0. The molecule has 0 saturated heterocycles. The van der Waals surface area contributed by atoms with E-state index in [0.717, 1.165) is 5.56 Å². The Morgan fingerprint density at radius 2 is 2.31 bits per heavy atom. The van der Waals surface area contributed by atoms with E-state index in [0.29, 0.717) is 23.0 Å². The van der Waals surface area contributed by atoms with Crippen molar-refractivity contribution in [1.82, 2.24) is 20.2 Å². The van der Waals surface area contributed by atoms with E-state index >= 15 is 0 Å². The van der Waals surface area contributed by atoms with E-state index in [4.69, 9.17) is 16.9 Å². The standard InChI is InChI=1S/C10H8ClN5/c1-7-13-14-15-16(7)6-8-2-3-10(11)4-9(8)5-12/h2-4H,6H2,1H3. The van der Waals surface area contributed by atoms with Crippen LogP contribution in [0.2, 0.25) is 5.02 Å². The minimum Gasteiger partial charge on any atom is -0.225 e. The van der Waals surface area contributed by atoms with Crippen LogP contribution in [0.15, 0.2) is 18.2 Å². The Hall–Kier alpha value is -1.93. The number of nitriles is 1. The normalized spacial score (nSPS) is 10.1. The maximum Gasteiger partial charge on any atom is 0.148 e. The number of halogens is 1. The van der Waals surface area contributed by atoms with Crippen molar-refractivity contribution in [1.29, 1.82) is 5.26 Å². The van der Waals surface area contributed by atoms with Crippen molar-refractivity contribution in [2.24, 2.45) is 0 Å². The topological polar surface area (TPSA) is 67.4 Å². The number of hydrogen-bond donors (Lipinski definition) is 0. The first-order valence-corrected chi connectivity index (χ1v) is 5.00. The molecule has 2 rings (SSSR count). The highest BCUT2D eigenvalue weighted by Crippen LogP contribution is 2.16. The van der Waals surface area contributed by atoms with Gasteiger partial charge in [0.1, 0.15) is 5.82 Å². The quantitative estimate of drug-likeness (QED) is 0.789. The van der Waals surface area contributed by atoms with Crippen LogP contribution in [0.3, 0.4) is 0 Å². The Morgan fingerprint density at radius 3 is 2.94 bits per heavy atom.